The summed E-state index contributed by atoms with van der Waals surface area (Å²) in [4.78, 5) is 17.9. The molecule has 26 heavy (non-hydrogen) atoms. The van der Waals surface area contributed by atoms with Crippen molar-refractivity contribution in [2.24, 2.45) is 0 Å². The topological polar surface area (TPSA) is 86.5 Å². The van der Waals surface area contributed by atoms with Crippen molar-refractivity contribution in [1.82, 2.24) is 10.1 Å². The molecule has 0 aliphatic carbocycles. The smallest absolute Gasteiger partial charge is 0.280 e. The molecule has 136 valence electrons. The number of carbonyl (C=O) groups excluding carboxylic acids is 1. The highest BCUT2D eigenvalue weighted by molar-refractivity contribution is 7.15. The first kappa shape index (κ1) is 17.9. The quantitative estimate of drug-likeness (QED) is 0.705. The number of nitrogens with zero attached hydrogens (tertiary/aromatic N) is 2. The van der Waals surface area contributed by atoms with E-state index in [1.807, 2.05) is 13.8 Å². The van der Waals surface area contributed by atoms with Crippen LogP contribution in [0.3, 0.4) is 0 Å². The fourth-order valence-corrected chi connectivity index (χ4v) is 3.06. The lowest BCUT2D eigenvalue weighted by molar-refractivity contribution is 0.101. The van der Waals surface area contributed by atoms with Gasteiger partial charge in [0.25, 0.3) is 5.91 Å². The molecule has 0 bridgehead atoms. The van der Waals surface area contributed by atoms with Crippen LogP contribution in [-0.4, -0.2) is 23.2 Å². The van der Waals surface area contributed by atoms with Crippen molar-refractivity contribution in [3.63, 3.8) is 0 Å². The molecule has 2 heterocycles. The first-order valence-corrected chi connectivity index (χ1v) is 8.77. The van der Waals surface area contributed by atoms with Gasteiger partial charge in [0.15, 0.2) is 10.8 Å². The average molecular weight is 373 g/mol. The Kier molecular flexibility index (Phi) is 5.22. The second-order valence-electron chi connectivity index (χ2n) is 5.64. The number of thiazole rings is 1. The van der Waals surface area contributed by atoms with E-state index in [9.17, 15) is 4.79 Å². The summed E-state index contributed by atoms with van der Waals surface area (Å²) < 4.78 is 16.0. The first-order chi connectivity index (χ1) is 12.5. The number of anilines is 1. The molecule has 3 aromatic rings. The van der Waals surface area contributed by atoms with Crippen LogP contribution in [0.1, 0.15) is 32.4 Å². The molecule has 3 rings (SSSR count). The van der Waals surface area contributed by atoms with Gasteiger partial charge in [0.1, 0.15) is 23.9 Å². The Bertz CT molecular complexity index is 896. The van der Waals surface area contributed by atoms with Crippen LogP contribution in [0, 0.1) is 20.8 Å². The summed E-state index contributed by atoms with van der Waals surface area (Å²) >= 11 is 1.42. The maximum Gasteiger partial charge on any atom is 0.280 e. The zero-order valence-corrected chi connectivity index (χ0v) is 15.8. The molecular weight excluding hydrogens is 354 g/mol. The monoisotopic (exact) mass is 373 g/mol. The van der Waals surface area contributed by atoms with Gasteiger partial charge in [-0.3, -0.25) is 10.1 Å². The van der Waals surface area contributed by atoms with Crippen molar-refractivity contribution in [2.45, 2.75) is 27.4 Å². The summed E-state index contributed by atoms with van der Waals surface area (Å²) in [5, 5.41) is 7.17. The molecule has 0 saturated heterocycles. The van der Waals surface area contributed by atoms with Crippen LogP contribution in [0.4, 0.5) is 5.13 Å². The van der Waals surface area contributed by atoms with Gasteiger partial charge >= 0.3 is 0 Å². The number of amides is 1. The van der Waals surface area contributed by atoms with Gasteiger partial charge in [0.2, 0.25) is 0 Å². The Morgan fingerprint density at radius 2 is 1.88 bits per heavy atom. The number of carbonyl (C=O) groups is 1. The lowest BCUT2D eigenvalue weighted by Gasteiger charge is -2.07. The summed E-state index contributed by atoms with van der Waals surface area (Å²) in [6.45, 7) is 5.77. The number of hydrogen-bond acceptors (Lipinski definition) is 7. The van der Waals surface area contributed by atoms with Gasteiger partial charge in [-0.2, -0.15) is 0 Å². The normalized spacial score (nSPS) is 10.6. The van der Waals surface area contributed by atoms with E-state index >= 15 is 0 Å². The number of benzene rings is 1. The predicted molar refractivity (Wildman–Crippen MR) is 98.1 cm³/mol. The molecular formula is C18H19N3O4S. The Morgan fingerprint density at radius 1 is 1.19 bits per heavy atom. The molecule has 0 radical (unpaired) electrons. The Morgan fingerprint density at radius 3 is 2.50 bits per heavy atom. The van der Waals surface area contributed by atoms with E-state index in [1.165, 1.54) is 11.3 Å². The van der Waals surface area contributed by atoms with Crippen LogP contribution in [0.2, 0.25) is 0 Å². The zero-order chi connectivity index (χ0) is 18.7. The SMILES string of the molecule is COc1ccc(OCc2c(C(=O)Nc3nc(C)c(C)s3)noc2C)cc1. The fourth-order valence-electron chi connectivity index (χ4n) is 2.25. The standard InChI is InChI=1S/C18H19N3O4S/c1-10-12(3)26-18(19-10)20-17(22)16-15(11(2)25-21-16)9-24-14-7-5-13(23-4)6-8-14/h5-8H,9H2,1-4H3,(H,19,20,22). The Balaban J connectivity index is 1.72. The van der Waals surface area contributed by atoms with Crippen molar-refractivity contribution in [2.75, 3.05) is 12.4 Å². The van der Waals surface area contributed by atoms with E-state index in [4.69, 9.17) is 14.0 Å². The molecule has 1 amide bonds. The zero-order valence-electron chi connectivity index (χ0n) is 15.0. The third-order valence-electron chi connectivity index (χ3n) is 3.89. The summed E-state index contributed by atoms with van der Waals surface area (Å²) in [6.07, 6.45) is 0. The maximum absolute atomic E-state index is 12.5. The second-order valence-corrected chi connectivity index (χ2v) is 6.85. The molecule has 0 aliphatic heterocycles. The number of ether oxygens (including phenoxy) is 2. The summed E-state index contributed by atoms with van der Waals surface area (Å²) in [5.41, 5.74) is 1.69. The van der Waals surface area contributed by atoms with Crippen molar-refractivity contribution < 1.29 is 18.8 Å². The van der Waals surface area contributed by atoms with E-state index in [1.54, 1.807) is 38.3 Å². The van der Waals surface area contributed by atoms with Crippen molar-refractivity contribution in [3.8, 4) is 11.5 Å². The van der Waals surface area contributed by atoms with Gasteiger partial charge in [0.05, 0.1) is 18.4 Å². The molecule has 0 fully saturated rings. The molecule has 0 atom stereocenters. The molecule has 2 aromatic heterocycles. The highest BCUT2D eigenvalue weighted by Gasteiger charge is 2.21. The third-order valence-corrected chi connectivity index (χ3v) is 4.88. The number of aromatic nitrogens is 2. The number of methoxy groups -OCH3 is 1. The van der Waals surface area contributed by atoms with Gasteiger partial charge < -0.3 is 14.0 Å². The van der Waals surface area contributed by atoms with E-state index < -0.39 is 0 Å². The molecule has 1 aromatic carbocycles. The summed E-state index contributed by atoms with van der Waals surface area (Å²) in [5.74, 6) is 1.57. The van der Waals surface area contributed by atoms with E-state index in [-0.39, 0.29) is 18.2 Å². The Labute approximate surface area is 154 Å². The van der Waals surface area contributed by atoms with Gasteiger partial charge in [-0.25, -0.2) is 4.98 Å². The molecule has 0 saturated carbocycles. The lowest BCUT2D eigenvalue weighted by Crippen LogP contribution is -2.15. The van der Waals surface area contributed by atoms with E-state index in [2.05, 4.69) is 15.5 Å². The number of rotatable bonds is 6. The van der Waals surface area contributed by atoms with Gasteiger partial charge in [-0.1, -0.05) is 5.16 Å². The maximum atomic E-state index is 12.5. The number of hydrogen-bond donors (Lipinski definition) is 1. The van der Waals surface area contributed by atoms with Gasteiger partial charge in [0, 0.05) is 4.88 Å². The molecule has 7 nitrogen and oxygen atoms in total. The molecule has 8 heteroatoms. The first-order valence-electron chi connectivity index (χ1n) is 7.95. The van der Waals surface area contributed by atoms with Crippen LogP contribution in [0.5, 0.6) is 11.5 Å². The van der Waals surface area contributed by atoms with Crippen LogP contribution < -0.4 is 14.8 Å². The third kappa shape index (κ3) is 3.85. The van der Waals surface area contributed by atoms with Crippen molar-refractivity contribution in [1.29, 1.82) is 0 Å². The fraction of sp³-hybridized carbons (Fsp3) is 0.278. The van der Waals surface area contributed by atoms with Crippen LogP contribution >= 0.6 is 11.3 Å². The van der Waals surface area contributed by atoms with Crippen molar-refractivity contribution >= 4 is 22.4 Å². The van der Waals surface area contributed by atoms with Crippen LogP contribution in [0.15, 0.2) is 28.8 Å². The number of nitrogens with one attached hydrogen (secondary N) is 1. The minimum Gasteiger partial charge on any atom is -0.497 e. The molecule has 0 unspecified atom stereocenters. The largest absolute Gasteiger partial charge is 0.497 e. The van der Waals surface area contributed by atoms with Crippen molar-refractivity contribution in [3.05, 3.63) is 51.9 Å². The predicted octanol–water partition coefficient (Wildman–Crippen LogP) is 3.90. The molecule has 0 spiro atoms. The number of aryl methyl sites for hydroxylation is 3. The second kappa shape index (κ2) is 7.57. The summed E-state index contributed by atoms with van der Waals surface area (Å²) in [7, 11) is 1.60. The van der Waals surface area contributed by atoms with Gasteiger partial charge in [-0.05, 0) is 45.0 Å². The summed E-state index contributed by atoms with van der Waals surface area (Å²) in [6, 6.07) is 7.19. The highest BCUT2D eigenvalue weighted by atomic mass is 32.1. The molecule has 1 N–H and O–H groups in total. The van der Waals surface area contributed by atoms with Gasteiger partial charge in [-0.15, -0.1) is 11.3 Å². The lowest BCUT2D eigenvalue weighted by atomic mass is 10.2. The van der Waals surface area contributed by atoms with E-state index in [0.29, 0.717) is 22.2 Å². The van der Waals surface area contributed by atoms with E-state index in [0.717, 1.165) is 16.3 Å². The molecule has 0 aliphatic rings. The highest BCUT2D eigenvalue weighted by Crippen LogP contribution is 2.24. The van der Waals surface area contributed by atoms with Crippen LogP contribution in [-0.2, 0) is 6.61 Å². The minimum atomic E-state index is -0.371. The minimum absolute atomic E-state index is 0.167. The van der Waals surface area contributed by atoms with Crippen LogP contribution in [0.25, 0.3) is 0 Å². The Hall–Kier alpha value is -2.87. The average Bonchev–Trinajstić information content (AvgIpc) is 3.15.